The van der Waals surface area contributed by atoms with Crippen molar-refractivity contribution in [3.63, 3.8) is 0 Å². The highest BCUT2D eigenvalue weighted by molar-refractivity contribution is 5.91. The Bertz CT molecular complexity index is 1120. The van der Waals surface area contributed by atoms with Gasteiger partial charge >= 0.3 is 0 Å². The molecule has 0 aliphatic rings. The third-order valence-electron chi connectivity index (χ3n) is 5.20. The van der Waals surface area contributed by atoms with Gasteiger partial charge in [-0.1, -0.05) is 66.2 Å². The van der Waals surface area contributed by atoms with Crippen molar-refractivity contribution in [2.45, 2.75) is 33.1 Å². The van der Waals surface area contributed by atoms with Crippen LogP contribution in [0, 0.1) is 6.92 Å². The molecular weight excluding hydrogens is 398 g/mol. The highest BCUT2D eigenvalue weighted by Gasteiger charge is 2.15. The predicted molar refractivity (Wildman–Crippen MR) is 125 cm³/mol. The van der Waals surface area contributed by atoms with Crippen molar-refractivity contribution in [3.8, 4) is 0 Å². The molecule has 4 aromatic rings. The lowest BCUT2D eigenvalue weighted by Crippen LogP contribution is -2.23. The summed E-state index contributed by atoms with van der Waals surface area (Å²) >= 11 is 0. The van der Waals surface area contributed by atoms with Gasteiger partial charge in [0.2, 0.25) is 0 Å². The lowest BCUT2D eigenvalue weighted by Gasteiger charge is -2.21. The van der Waals surface area contributed by atoms with Gasteiger partial charge in [0.25, 0.3) is 5.91 Å². The van der Waals surface area contributed by atoms with Crippen LogP contribution >= 0.6 is 0 Å². The van der Waals surface area contributed by atoms with E-state index in [0.717, 1.165) is 24.5 Å². The summed E-state index contributed by atoms with van der Waals surface area (Å²) < 4.78 is 5.88. The summed E-state index contributed by atoms with van der Waals surface area (Å²) in [6.07, 6.45) is 1.71. The van der Waals surface area contributed by atoms with Crippen LogP contribution in [-0.2, 0) is 26.2 Å². The van der Waals surface area contributed by atoms with Crippen LogP contribution in [-0.4, -0.2) is 15.8 Å². The molecule has 0 radical (unpaired) electrons. The first-order valence-electron chi connectivity index (χ1n) is 10.7. The largest absolute Gasteiger partial charge is 0.455 e. The molecule has 0 atom stereocenters. The number of pyridine rings is 1. The van der Waals surface area contributed by atoms with Crippen LogP contribution in [0.25, 0.3) is 0 Å². The smallest absolute Gasteiger partial charge is 0.287 e. The fourth-order valence-electron chi connectivity index (χ4n) is 3.53. The lowest BCUT2D eigenvalue weighted by atomic mass is 10.1. The van der Waals surface area contributed by atoms with Crippen molar-refractivity contribution in [2.24, 2.45) is 0 Å². The molecule has 1 amide bonds. The summed E-state index contributed by atoms with van der Waals surface area (Å²) in [6.45, 7) is 4.64. The first-order chi connectivity index (χ1) is 15.7. The standard InChI is InChI=1S/C27H27N3O2/c1-21-10-12-23(13-11-21)19-30(18-22-7-3-2-4-8-22)20-25-14-15-26(32-25)27(31)29-17-24-9-5-6-16-28-24/h2-16H,17-20H2,1H3,(H,29,31). The van der Waals surface area contributed by atoms with E-state index in [4.69, 9.17) is 4.42 Å². The van der Waals surface area contributed by atoms with Gasteiger partial charge in [-0.3, -0.25) is 14.7 Å². The Kier molecular flexibility index (Phi) is 7.10. The number of hydrogen-bond donors (Lipinski definition) is 1. The third kappa shape index (κ3) is 6.15. The van der Waals surface area contributed by atoms with Crippen LogP contribution in [0.3, 0.4) is 0 Å². The number of carbonyl (C=O) groups excluding carboxylic acids is 1. The molecule has 162 valence electrons. The summed E-state index contributed by atoms with van der Waals surface area (Å²) in [4.78, 5) is 19.0. The van der Waals surface area contributed by atoms with E-state index in [9.17, 15) is 4.79 Å². The minimum absolute atomic E-state index is 0.241. The molecule has 0 aliphatic carbocycles. The lowest BCUT2D eigenvalue weighted by molar-refractivity contribution is 0.0918. The SMILES string of the molecule is Cc1ccc(CN(Cc2ccccc2)Cc2ccc(C(=O)NCc3ccccn3)o2)cc1. The molecule has 32 heavy (non-hydrogen) atoms. The van der Waals surface area contributed by atoms with Gasteiger partial charge in [0.1, 0.15) is 5.76 Å². The fraction of sp³-hybridized carbons (Fsp3) is 0.185. The molecule has 0 fully saturated rings. The normalized spacial score (nSPS) is 10.9. The van der Waals surface area contributed by atoms with Crippen molar-refractivity contribution in [1.82, 2.24) is 15.2 Å². The molecule has 0 spiro atoms. The number of aromatic nitrogens is 1. The molecule has 2 heterocycles. The minimum Gasteiger partial charge on any atom is -0.455 e. The zero-order chi connectivity index (χ0) is 22.2. The Morgan fingerprint density at radius 2 is 1.56 bits per heavy atom. The molecule has 0 saturated carbocycles. The molecule has 0 aliphatic heterocycles. The topological polar surface area (TPSA) is 58.4 Å². The highest BCUT2D eigenvalue weighted by atomic mass is 16.4. The molecule has 0 bridgehead atoms. The number of hydrogen-bond acceptors (Lipinski definition) is 4. The molecule has 0 unspecified atom stereocenters. The monoisotopic (exact) mass is 425 g/mol. The molecular formula is C27H27N3O2. The van der Waals surface area contributed by atoms with Gasteiger partial charge in [-0.2, -0.15) is 0 Å². The van der Waals surface area contributed by atoms with Crippen molar-refractivity contribution in [1.29, 1.82) is 0 Å². The van der Waals surface area contributed by atoms with Crippen molar-refractivity contribution >= 4 is 5.91 Å². The maximum Gasteiger partial charge on any atom is 0.287 e. The number of nitrogens with one attached hydrogen (secondary N) is 1. The van der Waals surface area contributed by atoms with Crippen LogP contribution in [0.15, 0.2) is 95.5 Å². The Balaban J connectivity index is 1.42. The van der Waals surface area contributed by atoms with E-state index in [2.05, 4.69) is 70.7 Å². The molecule has 5 heteroatoms. The quantitative estimate of drug-likeness (QED) is 0.405. The Labute approximate surface area is 188 Å². The van der Waals surface area contributed by atoms with E-state index in [1.165, 1.54) is 16.7 Å². The summed E-state index contributed by atoms with van der Waals surface area (Å²) in [6, 6.07) is 28.2. The number of furan rings is 1. The van der Waals surface area contributed by atoms with E-state index < -0.39 is 0 Å². The van der Waals surface area contributed by atoms with Gasteiger partial charge in [0.05, 0.1) is 18.8 Å². The second kappa shape index (κ2) is 10.6. The number of amides is 1. The highest BCUT2D eigenvalue weighted by Crippen LogP contribution is 2.17. The van der Waals surface area contributed by atoms with Crippen molar-refractivity contribution < 1.29 is 9.21 Å². The van der Waals surface area contributed by atoms with Crippen LogP contribution in [0.2, 0.25) is 0 Å². The summed E-state index contributed by atoms with van der Waals surface area (Å²) in [5, 5.41) is 2.86. The number of rotatable bonds is 9. The van der Waals surface area contributed by atoms with Crippen molar-refractivity contribution in [3.05, 3.63) is 125 Å². The van der Waals surface area contributed by atoms with E-state index in [1.54, 1.807) is 12.3 Å². The first-order valence-corrected chi connectivity index (χ1v) is 10.7. The van der Waals surface area contributed by atoms with Crippen LogP contribution in [0.4, 0.5) is 0 Å². The number of aryl methyl sites for hydroxylation is 1. The summed E-state index contributed by atoms with van der Waals surface area (Å²) in [5.74, 6) is 0.831. The van der Waals surface area contributed by atoms with E-state index in [0.29, 0.717) is 18.8 Å². The second-order valence-corrected chi connectivity index (χ2v) is 7.89. The van der Waals surface area contributed by atoms with Crippen LogP contribution in [0.1, 0.15) is 38.7 Å². The Hall–Kier alpha value is -3.70. The number of benzene rings is 2. The first kappa shape index (κ1) is 21.5. The minimum atomic E-state index is -0.241. The van der Waals surface area contributed by atoms with Gasteiger partial charge in [-0.15, -0.1) is 0 Å². The molecule has 2 aromatic carbocycles. The average Bonchev–Trinajstić information content (AvgIpc) is 3.29. The fourth-order valence-corrected chi connectivity index (χ4v) is 3.53. The van der Waals surface area contributed by atoms with Gasteiger partial charge < -0.3 is 9.73 Å². The molecule has 2 aromatic heterocycles. The van der Waals surface area contributed by atoms with Gasteiger partial charge in [-0.25, -0.2) is 0 Å². The third-order valence-corrected chi connectivity index (χ3v) is 5.20. The second-order valence-electron chi connectivity index (χ2n) is 7.89. The van der Waals surface area contributed by atoms with E-state index in [-0.39, 0.29) is 5.91 Å². The molecule has 0 saturated heterocycles. The average molecular weight is 426 g/mol. The number of carbonyl (C=O) groups is 1. The molecule has 4 rings (SSSR count). The van der Waals surface area contributed by atoms with E-state index >= 15 is 0 Å². The van der Waals surface area contributed by atoms with E-state index in [1.807, 2.05) is 30.3 Å². The maximum atomic E-state index is 12.5. The Morgan fingerprint density at radius 3 is 2.28 bits per heavy atom. The Morgan fingerprint density at radius 1 is 0.844 bits per heavy atom. The van der Waals surface area contributed by atoms with Gasteiger partial charge in [0, 0.05) is 19.3 Å². The summed E-state index contributed by atoms with van der Waals surface area (Å²) in [5.41, 5.74) is 4.53. The zero-order valence-electron chi connectivity index (χ0n) is 18.2. The number of nitrogens with zero attached hydrogens (tertiary/aromatic N) is 2. The summed E-state index contributed by atoms with van der Waals surface area (Å²) in [7, 11) is 0. The van der Waals surface area contributed by atoms with Crippen LogP contribution in [0.5, 0.6) is 0 Å². The van der Waals surface area contributed by atoms with Crippen LogP contribution < -0.4 is 5.32 Å². The van der Waals surface area contributed by atoms with Gasteiger partial charge in [0.15, 0.2) is 5.76 Å². The van der Waals surface area contributed by atoms with Crippen molar-refractivity contribution in [2.75, 3.05) is 0 Å². The maximum absolute atomic E-state index is 12.5. The zero-order valence-corrected chi connectivity index (χ0v) is 18.2. The van der Waals surface area contributed by atoms with Gasteiger partial charge in [-0.05, 0) is 42.3 Å². The molecule has 5 nitrogen and oxygen atoms in total. The molecule has 1 N–H and O–H groups in total. The predicted octanol–water partition coefficient (Wildman–Crippen LogP) is 5.12.